The first-order valence-electron chi connectivity index (χ1n) is 3.73. The molecule has 0 atom stereocenters. The summed E-state index contributed by atoms with van der Waals surface area (Å²) < 4.78 is 0. The molecule has 1 N–H and O–H groups in total. The minimum Gasteiger partial charge on any atom is -0.506 e. The molecule has 0 fully saturated rings. The molecule has 1 aromatic rings. The highest BCUT2D eigenvalue weighted by Crippen LogP contribution is 2.24. The van der Waals surface area contributed by atoms with Crippen LogP contribution in [0.3, 0.4) is 0 Å². The number of benzene rings is 1. The van der Waals surface area contributed by atoms with Gasteiger partial charge in [0.2, 0.25) is 0 Å². The summed E-state index contributed by atoms with van der Waals surface area (Å²) in [7, 11) is 0. The summed E-state index contributed by atoms with van der Waals surface area (Å²) >= 11 is 5.65. The standard InChI is InChI=1S/C10H11ClO/c1-7(2)5-8-3-4-9(11)10(12)6-8/h3-6,12H,1-2H3. The van der Waals surface area contributed by atoms with Gasteiger partial charge in [0.05, 0.1) is 5.02 Å². The Balaban J connectivity index is 3.05. The van der Waals surface area contributed by atoms with Crippen molar-refractivity contribution in [2.75, 3.05) is 0 Å². The van der Waals surface area contributed by atoms with Gasteiger partial charge in [0.25, 0.3) is 0 Å². The lowest BCUT2D eigenvalue weighted by Crippen LogP contribution is -1.74. The molecule has 12 heavy (non-hydrogen) atoms. The van der Waals surface area contributed by atoms with Gasteiger partial charge in [0.1, 0.15) is 5.75 Å². The van der Waals surface area contributed by atoms with Crippen LogP contribution in [-0.2, 0) is 0 Å². The largest absolute Gasteiger partial charge is 0.506 e. The van der Waals surface area contributed by atoms with Gasteiger partial charge in [-0.25, -0.2) is 0 Å². The van der Waals surface area contributed by atoms with Crippen molar-refractivity contribution in [2.45, 2.75) is 13.8 Å². The second kappa shape index (κ2) is 3.63. The molecule has 1 aromatic carbocycles. The molecule has 0 saturated heterocycles. The molecule has 0 heterocycles. The normalized spacial score (nSPS) is 9.58. The topological polar surface area (TPSA) is 20.2 Å². The fourth-order valence-electron chi connectivity index (χ4n) is 0.953. The third-order valence-electron chi connectivity index (χ3n) is 1.43. The van der Waals surface area contributed by atoms with Gasteiger partial charge in [-0.1, -0.05) is 29.3 Å². The molecule has 0 saturated carbocycles. The second-order valence-electron chi connectivity index (χ2n) is 2.93. The van der Waals surface area contributed by atoms with E-state index in [1.165, 1.54) is 5.57 Å². The van der Waals surface area contributed by atoms with Gasteiger partial charge in [-0.2, -0.15) is 0 Å². The summed E-state index contributed by atoms with van der Waals surface area (Å²) in [5.74, 6) is 0.131. The third kappa shape index (κ3) is 2.28. The molecule has 0 spiro atoms. The van der Waals surface area contributed by atoms with E-state index in [9.17, 15) is 5.11 Å². The fourth-order valence-corrected chi connectivity index (χ4v) is 1.07. The van der Waals surface area contributed by atoms with Gasteiger partial charge in [-0.05, 0) is 31.5 Å². The molecule has 0 unspecified atom stereocenters. The maximum absolute atomic E-state index is 9.25. The number of hydrogen-bond donors (Lipinski definition) is 1. The van der Waals surface area contributed by atoms with Gasteiger partial charge < -0.3 is 5.11 Å². The molecule has 0 aromatic heterocycles. The van der Waals surface area contributed by atoms with Crippen molar-refractivity contribution in [1.29, 1.82) is 0 Å². The molecule has 0 aliphatic rings. The number of phenols is 1. The number of aromatic hydroxyl groups is 1. The zero-order chi connectivity index (χ0) is 9.14. The molecular formula is C10H11ClO. The average Bonchev–Trinajstić information content (AvgIpc) is 1.96. The predicted octanol–water partition coefficient (Wildman–Crippen LogP) is 3.47. The van der Waals surface area contributed by atoms with E-state index < -0.39 is 0 Å². The lowest BCUT2D eigenvalue weighted by atomic mass is 10.1. The van der Waals surface area contributed by atoms with Gasteiger partial charge in [-0.15, -0.1) is 0 Å². The zero-order valence-corrected chi connectivity index (χ0v) is 7.89. The Bertz CT molecular complexity index is 312. The van der Waals surface area contributed by atoms with Crippen LogP contribution >= 0.6 is 11.6 Å². The van der Waals surface area contributed by atoms with Crippen molar-refractivity contribution < 1.29 is 5.11 Å². The van der Waals surface area contributed by atoms with Crippen LogP contribution in [0.5, 0.6) is 5.75 Å². The number of phenolic OH excluding ortho intramolecular Hbond substituents is 1. The maximum Gasteiger partial charge on any atom is 0.134 e. The van der Waals surface area contributed by atoms with Crippen molar-refractivity contribution in [1.82, 2.24) is 0 Å². The van der Waals surface area contributed by atoms with Crippen molar-refractivity contribution >= 4 is 17.7 Å². The number of halogens is 1. The van der Waals surface area contributed by atoms with Gasteiger partial charge in [-0.3, -0.25) is 0 Å². The van der Waals surface area contributed by atoms with Crippen LogP contribution < -0.4 is 0 Å². The molecule has 2 heteroatoms. The predicted molar refractivity (Wildman–Crippen MR) is 52.4 cm³/mol. The van der Waals surface area contributed by atoms with Crippen LogP contribution in [0.1, 0.15) is 19.4 Å². The molecule has 0 aliphatic heterocycles. The lowest BCUT2D eigenvalue weighted by molar-refractivity contribution is 0.475. The van der Waals surface area contributed by atoms with Crippen molar-refractivity contribution in [3.63, 3.8) is 0 Å². The SMILES string of the molecule is CC(C)=Cc1ccc(Cl)c(O)c1. The number of rotatable bonds is 1. The highest BCUT2D eigenvalue weighted by Gasteiger charge is 1.96. The number of allylic oxidation sites excluding steroid dienone is 1. The zero-order valence-electron chi connectivity index (χ0n) is 7.13. The lowest BCUT2D eigenvalue weighted by Gasteiger charge is -1.98. The summed E-state index contributed by atoms with van der Waals surface area (Å²) in [6, 6.07) is 5.20. The van der Waals surface area contributed by atoms with Crippen molar-refractivity contribution in [3.8, 4) is 5.75 Å². The molecule has 0 amide bonds. The molecule has 0 bridgehead atoms. The Labute approximate surface area is 77.3 Å². The van der Waals surface area contributed by atoms with Gasteiger partial charge in [0.15, 0.2) is 0 Å². The monoisotopic (exact) mass is 182 g/mol. The van der Waals surface area contributed by atoms with E-state index in [-0.39, 0.29) is 5.75 Å². The molecule has 1 rings (SSSR count). The summed E-state index contributed by atoms with van der Waals surface area (Å²) in [6.07, 6.45) is 1.98. The van der Waals surface area contributed by atoms with E-state index in [2.05, 4.69) is 0 Å². The highest BCUT2D eigenvalue weighted by molar-refractivity contribution is 6.32. The van der Waals surface area contributed by atoms with E-state index in [1.807, 2.05) is 26.0 Å². The minimum atomic E-state index is 0.131. The Morgan fingerprint density at radius 1 is 1.42 bits per heavy atom. The summed E-state index contributed by atoms with van der Waals surface area (Å²) in [5, 5.41) is 9.64. The van der Waals surface area contributed by atoms with E-state index >= 15 is 0 Å². The average molecular weight is 183 g/mol. The summed E-state index contributed by atoms with van der Waals surface area (Å²) in [4.78, 5) is 0. The fraction of sp³-hybridized carbons (Fsp3) is 0.200. The smallest absolute Gasteiger partial charge is 0.134 e. The molecule has 0 radical (unpaired) electrons. The van der Waals surface area contributed by atoms with Crippen molar-refractivity contribution in [3.05, 3.63) is 34.4 Å². The summed E-state index contributed by atoms with van der Waals surface area (Å²) in [6.45, 7) is 4.01. The van der Waals surface area contributed by atoms with Gasteiger partial charge in [0, 0.05) is 0 Å². The Morgan fingerprint density at radius 2 is 2.08 bits per heavy atom. The molecule has 64 valence electrons. The summed E-state index contributed by atoms with van der Waals surface area (Å²) in [5.41, 5.74) is 2.16. The Kier molecular flexibility index (Phi) is 2.77. The quantitative estimate of drug-likeness (QED) is 0.705. The van der Waals surface area contributed by atoms with Crippen LogP contribution in [0.2, 0.25) is 5.02 Å². The third-order valence-corrected chi connectivity index (χ3v) is 1.75. The molecular weight excluding hydrogens is 172 g/mol. The first-order valence-corrected chi connectivity index (χ1v) is 4.11. The van der Waals surface area contributed by atoms with Gasteiger partial charge >= 0.3 is 0 Å². The van der Waals surface area contributed by atoms with E-state index in [0.717, 1.165) is 5.56 Å². The van der Waals surface area contributed by atoms with Crippen LogP contribution in [0, 0.1) is 0 Å². The Morgan fingerprint density at radius 3 is 2.58 bits per heavy atom. The first kappa shape index (κ1) is 9.14. The first-order chi connectivity index (χ1) is 5.59. The maximum atomic E-state index is 9.25. The highest BCUT2D eigenvalue weighted by atomic mass is 35.5. The minimum absolute atomic E-state index is 0.131. The van der Waals surface area contributed by atoms with Crippen molar-refractivity contribution in [2.24, 2.45) is 0 Å². The van der Waals surface area contributed by atoms with E-state index in [0.29, 0.717) is 5.02 Å². The van der Waals surface area contributed by atoms with Crippen LogP contribution in [0.15, 0.2) is 23.8 Å². The Hall–Kier alpha value is -0.950. The number of hydrogen-bond acceptors (Lipinski definition) is 1. The van der Waals surface area contributed by atoms with Crippen LogP contribution in [-0.4, -0.2) is 5.11 Å². The molecule has 0 aliphatic carbocycles. The van der Waals surface area contributed by atoms with Crippen LogP contribution in [0.4, 0.5) is 0 Å². The molecule has 1 nitrogen and oxygen atoms in total. The van der Waals surface area contributed by atoms with E-state index in [1.54, 1.807) is 12.1 Å². The van der Waals surface area contributed by atoms with E-state index in [4.69, 9.17) is 11.6 Å². The van der Waals surface area contributed by atoms with Crippen LogP contribution in [0.25, 0.3) is 6.08 Å². The second-order valence-corrected chi connectivity index (χ2v) is 3.34.